The second-order valence-corrected chi connectivity index (χ2v) is 5.39. The lowest BCUT2D eigenvalue weighted by Gasteiger charge is -2.20. The fourth-order valence-electron chi connectivity index (χ4n) is 2.39. The third kappa shape index (κ3) is 2.53. The number of nitrogens with one attached hydrogen (secondary N) is 1. The molecule has 1 N–H and O–H groups in total. The summed E-state index contributed by atoms with van der Waals surface area (Å²) >= 11 is 0. The van der Waals surface area contributed by atoms with Crippen molar-refractivity contribution < 1.29 is 0 Å². The minimum absolute atomic E-state index is 0.474. The Hall–Kier alpha value is -1.09. The van der Waals surface area contributed by atoms with Crippen molar-refractivity contribution in [1.82, 2.24) is 9.88 Å². The van der Waals surface area contributed by atoms with Crippen molar-refractivity contribution in [2.45, 2.75) is 26.8 Å². The molecule has 3 heteroatoms. The van der Waals surface area contributed by atoms with E-state index in [9.17, 15) is 0 Å². The van der Waals surface area contributed by atoms with E-state index in [-0.39, 0.29) is 0 Å². The van der Waals surface area contributed by atoms with Crippen LogP contribution in [0.2, 0.25) is 0 Å². The van der Waals surface area contributed by atoms with Crippen LogP contribution >= 0.6 is 0 Å². The number of hydrogen-bond acceptors (Lipinski definition) is 3. The molecule has 88 valence electrons. The van der Waals surface area contributed by atoms with Crippen LogP contribution in [-0.2, 0) is 6.54 Å². The highest BCUT2D eigenvalue weighted by Crippen LogP contribution is 2.30. The van der Waals surface area contributed by atoms with Gasteiger partial charge in [0.05, 0.1) is 0 Å². The van der Waals surface area contributed by atoms with Gasteiger partial charge >= 0.3 is 0 Å². The van der Waals surface area contributed by atoms with E-state index >= 15 is 0 Å². The standard InChI is InChI=1S/C13H21N3/c1-13(2)6-8-16(10-13)9-11-5-4-7-15-12(11)14-3/h4-5,7H,6,8-10H2,1-3H3,(H,14,15). The molecule has 0 aliphatic carbocycles. The normalized spacial score (nSPS) is 19.9. The fraction of sp³-hybridized carbons (Fsp3) is 0.615. The maximum absolute atomic E-state index is 4.34. The van der Waals surface area contributed by atoms with Gasteiger partial charge < -0.3 is 5.32 Å². The minimum atomic E-state index is 0.474. The SMILES string of the molecule is CNc1ncccc1CN1CCC(C)(C)C1. The molecule has 1 aliphatic rings. The van der Waals surface area contributed by atoms with Crippen LogP contribution in [-0.4, -0.2) is 30.0 Å². The van der Waals surface area contributed by atoms with Gasteiger partial charge in [-0.05, 0) is 24.4 Å². The van der Waals surface area contributed by atoms with Crippen LogP contribution < -0.4 is 5.32 Å². The molecule has 1 aromatic rings. The Morgan fingerprint density at radius 3 is 2.94 bits per heavy atom. The molecule has 0 bridgehead atoms. The Balaban J connectivity index is 2.04. The van der Waals surface area contributed by atoms with Crippen LogP contribution in [0.15, 0.2) is 18.3 Å². The largest absolute Gasteiger partial charge is 0.373 e. The third-order valence-corrected chi connectivity index (χ3v) is 3.28. The number of aromatic nitrogens is 1. The average molecular weight is 219 g/mol. The highest BCUT2D eigenvalue weighted by molar-refractivity contribution is 5.42. The number of anilines is 1. The summed E-state index contributed by atoms with van der Waals surface area (Å²) in [5.74, 6) is 1.01. The van der Waals surface area contributed by atoms with Gasteiger partial charge in [0.2, 0.25) is 0 Å². The second-order valence-electron chi connectivity index (χ2n) is 5.39. The number of pyridine rings is 1. The van der Waals surface area contributed by atoms with Gasteiger partial charge in [0.25, 0.3) is 0 Å². The number of nitrogens with zero attached hydrogens (tertiary/aromatic N) is 2. The molecule has 0 atom stereocenters. The quantitative estimate of drug-likeness (QED) is 0.846. The lowest BCUT2D eigenvalue weighted by atomic mass is 9.93. The first-order chi connectivity index (χ1) is 7.61. The van der Waals surface area contributed by atoms with Gasteiger partial charge in [-0.25, -0.2) is 4.98 Å². The predicted molar refractivity (Wildman–Crippen MR) is 67.5 cm³/mol. The van der Waals surface area contributed by atoms with Gasteiger partial charge in [0, 0.05) is 31.9 Å². The average Bonchev–Trinajstić information content (AvgIpc) is 2.59. The molecule has 0 saturated carbocycles. The second kappa shape index (κ2) is 4.42. The Morgan fingerprint density at radius 2 is 2.31 bits per heavy atom. The maximum atomic E-state index is 4.34. The summed E-state index contributed by atoms with van der Waals surface area (Å²) in [6, 6.07) is 4.17. The van der Waals surface area contributed by atoms with Gasteiger partial charge in [-0.1, -0.05) is 19.9 Å². The molecule has 1 aliphatic heterocycles. The molecule has 0 radical (unpaired) electrons. The van der Waals surface area contributed by atoms with Gasteiger partial charge in [-0.2, -0.15) is 0 Å². The maximum Gasteiger partial charge on any atom is 0.130 e. The summed E-state index contributed by atoms with van der Waals surface area (Å²) in [5.41, 5.74) is 1.77. The van der Waals surface area contributed by atoms with Gasteiger partial charge in [0.1, 0.15) is 5.82 Å². The Kier molecular flexibility index (Phi) is 3.15. The topological polar surface area (TPSA) is 28.2 Å². The molecule has 0 amide bonds. The van der Waals surface area contributed by atoms with Crippen LogP contribution in [0.4, 0.5) is 5.82 Å². The summed E-state index contributed by atoms with van der Waals surface area (Å²) in [5, 5.41) is 3.15. The molecule has 0 aromatic carbocycles. The predicted octanol–water partition coefficient (Wildman–Crippen LogP) is 2.36. The van der Waals surface area contributed by atoms with Crippen molar-refractivity contribution in [2.24, 2.45) is 5.41 Å². The van der Waals surface area contributed by atoms with Gasteiger partial charge in [-0.3, -0.25) is 4.90 Å². The zero-order valence-corrected chi connectivity index (χ0v) is 10.5. The molecular formula is C13H21N3. The van der Waals surface area contributed by atoms with Crippen molar-refractivity contribution in [3.05, 3.63) is 23.9 Å². The van der Waals surface area contributed by atoms with E-state index in [0.29, 0.717) is 5.41 Å². The molecule has 1 saturated heterocycles. The van der Waals surface area contributed by atoms with Crippen molar-refractivity contribution in [3.8, 4) is 0 Å². The molecule has 3 nitrogen and oxygen atoms in total. The molecule has 16 heavy (non-hydrogen) atoms. The summed E-state index contributed by atoms with van der Waals surface area (Å²) < 4.78 is 0. The number of likely N-dealkylation sites (tertiary alicyclic amines) is 1. The smallest absolute Gasteiger partial charge is 0.130 e. The molecule has 1 fully saturated rings. The first-order valence-corrected chi connectivity index (χ1v) is 5.95. The summed E-state index contributed by atoms with van der Waals surface area (Å²) in [6.45, 7) is 8.08. The van der Waals surface area contributed by atoms with E-state index in [2.05, 4.69) is 35.1 Å². The van der Waals surface area contributed by atoms with E-state index in [1.807, 2.05) is 19.3 Å². The minimum Gasteiger partial charge on any atom is -0.373 e. The summed E-state index contributed by atoms with van der Waals surface area (Å²) in [7, 11) is 1.93. The molecule has 1 aromatic heterocycles. The van der Waals surface area contributed by atoms with Crippen LogP contribution in [0, 0.1) is 5.41 Å². The third-order valence-electron chi connectivity index (χ3n) is 3.28. The molecule has 0 spiro atoms. The van der Waals surface area contributed by atoms with Crippen LogP contribution in [0.1, 0.15) is 25.8 Å². The van der Waals surface area contributed by atoms with Crippen LogP contribution in [0.3, 0.4) is 0 Å². The van der Waals surface area contributed by atoms with Crippen molar-refractivity contribution >= 4 is 5.82 Å². The highest BCUT2D eigenvalue weighted by Gasteiger charge is 2.29. The van der Waals surface area contributed by atoms with E-state index in [1.165, 1.54) is 25.1 Å². The summed E-state index contributed by atoms with van der Waals surface area (Å²) in [6.07, 6.45) is 3.13. The summed E-state index contributed by atoms with van der Waals surface area (Å²) in [4.78, 5) is 6.85. The first-order valence-electron chi connectivity index (χ1n) is 5.95. The van der Waals surface area contributed by atoms with E-state index in [0.717, 1.165) is 12.4 Å². The Morgan fingerprint density at radius 1 is 1.50 bits per heavy atom. The van der Waals surface area contributed by atoms with Gasteiger partial charge in [-0.15, -0.1) is 0 Å². The lowest BCUT2D eigenvalue weighted by molar-refractivity contribution is 0.284. The fourth-order valence-corrected chi connectivity index (χ4v) is 2.39. The Labute approximate surface area is 97.9 Å². The van der Waals surface area contributed by atoms with E-state index < -0.39 is 0 Å². The highest BCUT2D eigenvalue weighted by atomic mass is 15.2. The lowest BCUT2D eigenvalue weighted by Crippen LogP contribution is -2.23. The number of hydrogen-bond donors (Lipinski definition) is 1. The molecule has 2 heterocycles. The Bertz CT molecular complexity index is 360. The monoisotopic (exact) mass is 219 g/mol. The van der Waals surface area contributed by atoms with Crippen LogP contribution in [0.5, 0.6) is 0 Å². The van der Waals surface area contributed by atoms with Gasteiger partial charge in [0.15, 0.2) is 0 Å². The molecular weight excluding hydrogens is 198 g/mol. The number of rotatable bonds is 3. The van der Waals surface area contributed by atoms with Crippen LogP contribution in [0.25, 0.3) is 0 Å². The van der Waals surface area contributed by atoms with E-state index in [1.54, 1.807) is 0 Å². The molecule has 2 rings (SSSR count). The molecule has 0 unspecified atom stereocenters. The zero-order chi connectivity index (χ0) is 11.6. The van der Waals surface area contributed by atoms with Crippen molar-refractivity contribution in [3.63, 3.8) is 0 Å². The van der Waals surface area contributed by atoms with E-state index in [4.69, 9.17) is 0 Å². The van der Waals surface area contributed by atoms with Crippen molar-refractivity contribution in [1.29, 1.82) is 0 Å². The zero-order valence-electron chi connectivity index (χ0n) is 10.5. The first kappa shape index (κ1) is 11.4. The van der Waals surface area contributed by atoms with Crippen molar-refractivity contribution in [2.75, 3.05) is 25.5 Å².